The summed E-state index contributed by atoms with van der Waals surface area (Å²) >= 11 is 0. The van der Waals surface area contributed by atoms with Gasteiger partial charge in [-0.05, 0) is 53.8 Å². The fourth-order valence-corrected chi connectivity index (χ4v) is 2.53. The summed E-state index contributed by atoms with van der Waals surface area (Å²) < 4.78 is 0. The summed E-state index contributed by atoms with van der Waals surface area (Å²) in [6.45, 7) is 9.61. The van der Waals surface area contributed by atoms with Gasteiger partial charge in [0.05, 0.1) is 0 Å². The molecule has 1 aromatic heterocycles. The van der Waals surface area contributed by atoms with Gasteiger partial charge in [0.2, 0.25) is 5.95 Å². The van der Waals surface area contributed by atoms with E-state index in [2.05, 4.69) is 60.0 Å². The molecule has 0 bridgehead atoms. The summed E-state index contributed by atoms with van der Waals surface area (Å²) in [5.41, 5.74) is 1.24. The van der Waals surface area contributed by atoms with Crippen LogP contribution in [0, 0.1) is 0 Å². The molecule has 1 aliphatic heterocycles. The molecule has 0 radical (unpaired) electrons. The molecule has 0 amide bonds. The van der Waals surface area contributed by atoms with Crippen molar-refractivity contribution in [2.24, 2.45) is 0 Å². The Hall–Kier alpha value is -1.20. The first kappa shape index (κ1) is 16.2. The molecule has 118 valence electrons. The lowest BCUT2D eigenvalue weighted by atomic mass is 10.0. The lowest BCUT2D eigenvalue weighted by molar-refractivity contribution is 0.252. The third-order valence-electron chi connectivity index (χ3n) is 4.07. The normalized spacial score (nSPS) is 18.0. The van der Waals surface area contributed by atoms with E-state index >= 15 is 0 Å². The van der Waals surface area contributed by atoms with Crippen LogP contribution in [0.4, 0.5) is 5.95 Å². The van der Waals surface area contributed by atoms with Gasteiger partial charge >= 0.3 is 0 Å². The molecule has 0 unspecified atom stereocenters. The highest BCUT2D eigenvalue weighted by atomic mass is 15.3. The molecule has 1 aliphatic rings. The number of rotatable bonds is 4. The van der Waals surface area contributed by atoms with E-state index in [4.69, 9.17) is 0 Å². The monoisotopic (exact) mass is 291 g/mol. The van der Waals surface area contributed by atoms with Gasteiger partial charge in [-0.3, -0.25) is 0 Å². The SMILES string of the molecule is CN1CCC(N(C)c2ncc(CNC(C)(C)C)cn2)CC1. The second kappa shape index (κ2) is 6.71. The van der Waals surface area contributed by atoms with E-state index in [9.17, 15) is 0 Å². The highest BCUT2D eigenvalue weighted by Gasteiger charge is 2.22. The Morgan fingerprint density at radius 2 is 1.81 bits per heavy atom. The zero-order valence-electron chi connectivity index (χ0n) is 14.1. The predicted molar refractivity (Wildman–Crippen MR) is 87.5 cm³/mol. The van der Waals surface area contributed by atoms with Crippen molar-refractivity contribution < 1.29 is 0 Å². The van der Waals surface area contributed by atoms with Crippen molar-refractivity contribution in [1.82, 2.24) is 20.2 Å². The van der Waals surface area contributed by atoms with E-state index in [0.717, 1.165) is 31.1 Å². The van der Waals surface area contributed by atoms with Crippen molar-refractivity contribution in [2.45, 2.75) is 51.7 Å². The summed E-state index contributed by atoms with van der Waals surface area (Å²) in [6, 6.07) is 0.555. The Kier molecular flexibility index (Phi) is 5.17. The average molecular weight is 291 g/mol. The van der Waals surface area contributed by atoms with E-state index in [1.165, 1.54) is 12.8 Å². The first-order valence-corrected chi connectivity index (χ1v) is 7.82. The van der Waals surface area contributed by atoms with E-state index in [1.807, 2.05) is 12.4 Å². The molecular weight excluding hydrogens is 262 g/mol. The lowest BCUT2D eigenvalue weighted by Crippen LogP contribution is -2.42. The topological polar surface area (TPSA) is 44.3 Å². The summed E-state index contributed by atoms with van der Waals surface area (Å²) in [5.74, 6) is 0.837. The molecule has 1 aromatic rings. The van der Waals surface area contributed by atoms with E-state index in [1.54, 1.807) is 0 Å². The number of nitrogens with zero attached hydrogens (tertiary/aromatic N) is 4. The quantitative estimate of drug-likeness (QED) is 0.918. The smallest absolute Gasteiger partial charge is 0.225 e. The van der Waals surface area contributed by atoms with Crippen LogP contribution in [0.2, 0.25) is 0 Å². The number of hydrogen-bond donors (Lipinski definition) is 1. The van der Waals surface area contributed by atoms with Gasteiger partial charge < -0.3 is 15.1 Å². The molecule has 1 fully saturated rings. The molecule has 5 heteroatoms. The Morgan fingerprint density at radius 1 is 1.24 bits per heavy atom. The van der Waals surface area contributed by atoms with Gasteiger partial charge in [0.1, 0.15) is 0 Å². The molecule has 21 heavy (non-hydrogen) atoms. The van der Waals surface area contributed by atoms with Crippen molar-refractivity contribution in [3.63, 3.8) is 0 Å². The Bertz CT molecular complexity index is 429. The van der Waals surface area contributed by atoms with Gasteiger partial charge in [-0.25, -0.2) is 9.97 Å². The molecule has 0 spiro atoms. The van der Waals surface area contributed by atoms with Gasteiger partial charge in [-0.15, -0.1) is 0 Å². The minimum absolute atomic E-state index is 0.115. The minimum atomic E-state index is 0.115. The van der Waals surface area contributed by atoms with Crippen molar-refractivity contribution in [1.29, 1.82) is 0 Å². The van der Waals surface area contributed by atoms with Crippen LogP contribution in [-0.4, -0.2) is 53.6 Å². The molecule has 1 saturated heterocycles. The van der Waals surface area contributed by atoms with Gasteiger partial charge in [0, 0.05) is 43.1 Å². The standard InChI is InChI=1S/C16H29N5/c1-16(2,3)19-12-13-10-17-15(18-11-13)21(5)14-6-8-20(4)9-7-14/h10-11,14,19H,6-9,12H2,1-5H3. The van der Waals surface area contributed by atoms with Crippen molar-refractivity contribution >= 4 is 5.95 Å². The molecule has 2 heterocycles. The van der Waals surface area contributed by atoms with E-state index < -0.39 is 0 Å². The maximum Gasteiger partial charge on any atom is 0.225 e. The van der Waals surface area contributed by atoms with Crippen LogP contribution in [0.5, 0.6) is 0 Å². The van der Waals surface area contributed by atoms with Crippen LogP contribution < -0.4 is 10.2 Å². The first-order chi connectivity index (χ1) is 9.85. The van der Waals surface area contributed by atoms with E-state index in [-0.39, 0.29) is 5.54 Å². The third kappa shape index (κ3) is 4.93. The summed E-state index contributed by atoms with van der Waals surface area (Å²) in [5, 5.41) is 3.46. The maximum absolute atomic E-state index is 4.53. The zero-order chi connectivity index (χ0) is 15.5. The molecule has 2 rings (SSSR count). The van der Waals surface area contributed by atoms with Gasteiger partial charge in [-0.2, -0.15) is 0 Å². The summed E-state index contributed by atoms with van der Waals surface area (Å²) in [6.07, 6.45) is 6.24. The molecule has 5 nitrogen and oxygen atoms in total. The largest absolute Gasteiger partial charge is 0.341 e. The Morgan fingerprint density at radius 3 is 2.33 bits per heavy atom. The predicted octanol–water partition coefficient (Wildman–Crippen LogP) is 1.90. The van der Waals surface area contributed by atoms with Gasteiger partial charge in [0.15, 0.2) is 0 Å². The Balaban J connectivity index is 1.92. The number of hydrogen-bond acceptors (Lipinski definition) is 5. The van der Waals surface area contributed by atoms with Crippen LogP contribution in [0.25, 0.3) is 0 Å². The average Bonchev–Trinajstić information content (AvgIpc) is 2.45. The number of nitrogens with one attached hydrogen (secondary N) is 1. The first-order valence-electron chi connectivity index (χ1n) is 7.82. The molecule has 1 N–H and O–H groups in total. The summed E-state index contributed by atoms with van der Waals surface area (Å²) in [4.78, 5) is 13.7. The van der Waals surface area contributed by atoms with E-state index in [0.29, 0.717) is 6.04 Å². The highest BCUT2D eigenvalue weighted by molar-refractivity contribution is 5.30. The fourth-order valence-electron chi connectivity index (χ4n) is 2.53. The van der Waals surface area contributed by atoms with Crippen LogP contribution in [0.1, 0.15) is 39.2 Å². The maximum atomic E-state index is 4.53. The zero-order valence-corrected chi connectivity index (χ0v) is 14.1. The summed E-state index contributed by atoms with van der Waals surface area (Å²) in [7, 11) is 4.29. The molecule has 0 saturated carbocycles. The number of piperidine rings is 1. The van der Waals surface area contributed by atoms with Crippen LogP contribution in [0.3, 0.4) is 0 Å². The highest BCUT2D eigenvalue weighted by Crippen LogP contribution is 2.18. The lowest BCUT2D eigenvalue weighted by Gasteiger charge is -2.35. The number of anilines is 1. The van der Waals surface area contributed by atoms with Crippen LogP contribution in [0.15, 0.2) is 12.4 Å². The van der Waals surface area contributed by atoms with Crippen LogP contribution in [-0.2, 0) is 6.54 Å². The minimum Gasteiger partial charge on any atom is -0.341 e. The second-order valence-electron chi connectivity index (χ2n) is 7.14. The van der Waals surface area contributed by atoms with Crippen molar-refractivity contribution in [3.05, 3.63) is 18.0 Å². The van der Waals surface area contributed by atoms with Crippen LogP contribution >= 0.6 is 0 Å². The molecule has 0 atom stereocenters. The van der Waals surface area contributed by atoms with Gasteiger partial charge in [-0.1, -0.05) is 0 Å². The second-order valence-corrected chi connectivity index (χ2v) is 7.14. The molecule has 0 aromatic carbocycles. The Labute approximate surface area is 128 Å². The number of aromatic nitrogens is 2. The van der Waals surface area contributed by atoms with Crippen molar-refractivity contribution in [2.75, 3.05) is 32.1 Å². The fraction of sp³-hybridized carbons (Fsp3) is 0.750. The van der Waals surface area contributed by atoms with Gasteiger partial charge in [0.25, 0.3) is 0 Å². The van der Waals surface area contributed by atoms with Crippen molar-refractivity contribution in [3.8, 4) is 0 Å². The molecule has 0 aliphatic carbocycles. The third-order valence-corrected chi connectivity index (χ3v) is 4.07. The number of likely N-dealkylation sites (tertiary alicyclic amines) is 1. The molecular formula is C16H29N5.